The number of likely N-dealkylation sites (N-methyl/N-ethyl adjacent to an activating group) is 2. The molecule has 5 heteroatoms. The van der Waals surface area contributed by atoms with Gasteiger partial charge in [-0.3, -0.25) is 9.88 Å². The molecular weight excluding hydrogens is 262 g/mol. The fourth-order valence-corrected chi connectivity index (χ4v) is 2.90. The number of nitrogens with two attached hydrogens (primary N) is 1. The minimum Gasteiger partial charge on any atom is -0.397 e. The summed E-state index contributed by atoms with van der Waals surface area (Å²) in [4.78, 5) is 8.92. The van der Waals surface area contributed by atoms with Gasteiger partial charge in [-0.2, -0.15) is 0 Å². The Morgan fingerprint density at radius 3 is 3.00 bits per heavy atom. The second-order valence-electron chi connectivity index (χ2n) is 5.90. The molecule has 1 aliphatic rings. The first kappa shape index (κ1) is 14.1. The van der Waals surface area contributed by atoms with Gasteiger partial charge in [0.2, 0.25) is 0 Å². The van der Waals surface area contributed by atoms with Gasteiger partial charge < -0.3 is 16.0 Å². The van der Waals surface area contributed by atoms with Crippen LogP contribution in [0.3, 0.4) is 0 Å². The highest BCUT2D eigenvalue weighted by molar-refractivity contribution is 5.98. The zero-order valence-corrected chi connectivity index (χ0v) is 12.7. The number of nitrogen functional groups attached to an aromatic ring is 1. The van der Waals surface area contributed by atoms with E-state index in [1.807, 2.05) is 18.3 Å². The van der Waals surface area contributed by atoms with Crippen LogP contribution < -0.4 is 11.1 Å². The van der Waals surface area contributed by atoms with Crippen LogP contribution in [0.1, 0.15) is 0 Å². The topological polar surface area (TPSA) is 57.4 Å². The van der Waals surface area contributed by atoms with Gasteiger partial charge in [0.15, 0.2) is 0 Å². The van der Waals surface area contributed by atoms with Crippen molar-refractivity contribution in [3.8, 4) is 0 Å². The van der Waals surface area contributed by atoms with Gasteiger partial charge in [-0.05, 0) is 26.2 Å². The molecule has 3 rings (SSSR count). The van der Waals surface area contributed by atoms with Crippen LogP contribution in [0.5, 0.6) is 0 Å². The summed E-state index contributed by atoms with van der Waals surface area (Å²) < 4.78 is 0. The van der Waals surface area contributed by atoms with E-state index in [1.165, 1.54) is 0 Å². The third kappa shape index (κ3) is 2.94. The van der Waals surface area contributed by atoms with Crippen LogP contribution in [0.4, 0.5) is 11.4 Å². The van der Waals surface area contributed by atoms with Crippen LogP contribution in [0.15, 0.2) is 30.6 Å². The van der Waals surface area contributed by atoms with Gasteiger partial charge in [-0.15, -0.1) is 0 Å². The van der Waals surface area contributed by atoms with Crippen LogP contribution in [0.2, 0.25) is 0 Å². The molecule has 0 amide bonds. The maximum Gasteiger partial charge on any atom is 0.0630 e. The highest BCUT2D eigenvalue weighted by Crippen LogP contribution is 2.28. The Bertz CT molecular complexity index is 627. The molecule has 3 N–H and O–H groups in total. The minimum atomic E-state index is 0.510. The molecule has 1 aromatic heterocycles. The highest BCUT2D eigenvalue weighted by atomic mass is 15.3. The van der Waals surface area contributed by atoms with Gasteiger partial charge in [-0.1, -0.05) is 6.07 Å². The van der Waals surface area contributed by atoms with E-state index in [2.05, 4.69) is 40.3 Å². The average molecular weight is 285 g/mol. The quantitative estimate of drug-likeness (QED) is 0.837. The van der Waals surface area contributed by atoms with E-state index >= 15 is 0 Å². The number of hydrogen-bond donors (Lipinski definition) is 2. The third-order valence-corrected chi connectivity index (χ3v) is 4.37. The molecular formula is C16H23N5. The number of anilines is 2. The fourth-order valence-electron chi connectivity index (χ4n) is 2.90. The van der Waals surface area contributed by atoms with E-state index in [-0.39, 0.29) is 0 Å². The normalized spacial score (nSPS) is 20.8. The van der Waals surface area contributed by atoms with Crippen molar-refractivity contribution in [2.24, 2.45) is 0 Å². The van der Waals surface area contributed by atoms with Crippen molar-refractivity contribution in [3.05, 3.63) is 30.6 Å². The molecule has 1 unspecified atom stereocenters. The molecule has 0 saturated carbocycles. The van der Waals surface area contributed by atoms with Crippen LogP contribution >= 0.6 is 0 Å². The van der Waals surface area contributed by atoms with E-state index in [0.717, 1.165) is 48.3 Å². The number of benzene rings is 1. The molecule has 1 aliphatic heterocycles. The predicted octanol–water partition coefficient (Wildman–Crippen LogP) is 1.47. The second-order valence-corrected chi connectivity index (χ2v) is 5.90. The van der Waals surface area contributed by atoms with Gasteiger partial charge in [0.05, 0.1) is 11.4 Å². The Balaban J connectivity index is 1.74. The lowest BCUT2D eigenvalue weighted by atomic mass is 10.1. The lowest BCUT2D eigenvalue weighted by Crippen LogP contribution is -2.52. The van der Waals surface area contributed by atoms with Crippen molar-refractivity contribution >= 4 is 22.1 Å². The summed E-state index contributed by atoms with van der Waals surface area (Å²) >= 11 is 0. The fraction of sp³-hybridized carbons (Fsp3) is 0.438. The van der Waals surface area contributed by atoms with Gasteiger partial charge in [0.25, 0.3) is 0 Å². The zero-order chi connectivity index (χ0) is 14.8. The number of nitrogens with one attached hydrogen (secondary N) is 1. The molecule has 0 bridgehead atoms. The average Bonchev–Trinajstić information content (AvgIpc) is 2.50. The Hall–Kier alpha value is -1.85. The minimum absolute atomic E-state index is 0.510. The molecule has 21 heavy (non-hydrogen) atoms. The van der Waals surface area contributed by atoms with E-state index in [1.54, 1.807) is 6.20 Å². The monoisotopic (exact) mass is 285 g/mol. The summed E-state index contributed by atoms with van der Waals surface area (Å²) in [6.07, 6.45) is 3.63. The van der Waals surface area contributed by atoms with E-state index < -0.39 is 0 Å². The molecule has 0 radical (unpaired) electrons. The number of fused-ring (bicyclic) bond motifs is 1. The Morgan fingerprint density at radius 1 is 1.29 bits per heavy atom. The zero-order valence-electron chi connectivity index (χ0n) is 12.7. The van der Waals surface area contributed by atoms with Crippen molar-refractivity contribution in [3.63, 3.8) is 0 Å². The van der Waals surface area contributed by atoms with Gasteiger partial charge >= 0.3 is 0 Å². The summed E-state index contributed by atoms with van der Waals surface area (Å²) in [5.41, 5.74) is 8.10. The molecule has 2 aromatic rings. The first-order chi connectivity index (χ1) is 10.1. The van der Waals surface area contributed by atoms with Gasteiger partial charge in [0, 0.05) is 55.4 Å². The summed E-state index contributed by atoms with van der Waals surface area (Å²) in [5.74, 6) is 0. The maximum atomic E-state index is 6.28. The Labute approximate surface area is 125 Å². The van der Waals surface area contributed by atoms with E-state index in [9.17, 15) is 0 Å². The summed E-state index contributed by atoms with van der Waals surface area (Å²) in [5, 5.41) is 5.65. The molecule has 1 aromatic carbocycles. The van der Waals surface area contributed by atoms with Crippen LogP contribution in [-0.4, -0.2) is 61.1 Å². The summed E-state index contributed by atoms with van der Waals surface area (Å²) in [7, 11) is 4.37. The van der Waals surface area contributed by atoms with E-state index in [0.29, 0.717) is 6.04 Å². The molecule has 1 atom stereocenters. The maximum absolute atomic E-state index is 6.28. The van der Waals surface area contributed by atoms with Crippen molar-refractivity contribution in [2.75, 3.05) is 51.3 Å². The second kappa shape index (κ2) is 5.87. The van der Waals surface area contributed by atoms with Crippen molar-refractivity contribution in [1.29, 1.82) is 0 Å². The predicted molar refractivity (Wildman–Crippen MR) is 88.6 cm³/mol. The summed E-state index contributed by atoms with van der Waals surface area (Å²) in [6, 6.07) is 6.59. The first-order valence-electron chi connectivity index (χ1n) is 7.40. The molecule has 2 heterocycles. The lowest BCUT2D eigenvalue weighted by molar-refractivity contribution is 0.122. The SMILES string of the molecule is CN1CCN(C)C(CNc2ccc3cnccc3c2N)C1. The lowest BCUT2D eigenvalue weighted by Gasteiger charge is -2.38. The third-order valence-electron chi connectivity index (χ3n) is 4.37. The molecule has 0 aliphatic carbocycles. The number of hydrogen-bond acceptors (Lipinski definition) is 5. The Morgan fingerprint density at radius 2 is 2.14 bits per heavy atom. The van der Waals surface area contributed by atoms with Crippen molar-refractivity contribution in [1.82, 2.24) is 14.8 Å². The largest absolute Gasteiger partial charge is 0.397 e. The number of nitrogens with zero attached hydrogens (tertiary/aromatic N) is 3. The number of pyridine rings is 1. The van der Waals surface area contributed by atoms with Crippen molar-refractivity contribution in [2.45, 2.75) is 6.04 Å². The smallest absolute Gasteiger partial charge is 0.0630 e. The number of piperazine rings is 1. The molecule has 0 spiro atoms. The molecule has 1 fully saturated rings. The van der Waals surface area contributed by atoms with Crippen LogP contribution in [0.25, 0.3) is 10.8 Å². The standard InChI is InChI=1S/C16H23N5/c1-20-7-8-21(2)13(11-20)10-19-15-4-3-12-9-18-6-5-14(12)16(15)17/h3-6,9,13,19H,7-8,10-11,17H2,1-2H3. The Kier molecular flexibility index (Phi) is 3.94. The van der Waals surface area contributed by atoms with E-state index in [4.69, 9.17) is 5.73 Å². The van der Waals surface area contributed by atoms with Gasteiger partial charge in [0.1, 0.15) is 0 Å². The molecule has 5 nitrogen and oxygen atoms in total. The number of rotatable bonds is 3. The number of aromatic nitrogens is 1. The van der Waals surface area contributed by atoms with Crippen molar-refractivity contribution < 1.29 is 0 Å². The molecule has 112 valence electrons. The van der Waals surface area contributed by atoms with Gasteiger partial charge in [-0.25, -0.2) is 0 Å². The highest BCUT2D eigenvalue weighted by Gasteiger charge is 2.21. The summed E-state index contributed by atoms with van der Waals surface area (Å²) in [6.45, 7) is 4.24. The van der Waals surface area contributed by atoms with Crippen LogP contribution in [-0.2, 0) is 0 Å². The molecule has 1 saturated heterocycles. The van der Waals surface area contributed by atoms with Crippen LogP contribution in [0, 0.1) is 0 Å². The first-order valence-corrected chi connectivity index (χ1v) is 7.40.